The first-order valence-corrected chi connectivity index (χ1v) is 6.73. The van der Waals surface area contributed by atoms with E-state index in [-0.39, 0.29) is 0 Å². The molecule has 0 spiro atoms. The smallest absolute Gasteiger partial charge is 0.0759 e. The fourth-order valence-corrected chi connectivity index (χ4v) is 2.00. The van der Waals surface area contributed by atoms with Crippen molar-refractivity contribution in [1.29, 1.82) is 0 Å². The fraction of sp³-hybridized carbons (Fsp3) is 0.846. The van der Waals surface area contributed by atoms with Gasteiger partial charge in [-0.25, -0.2) is 4.68 Å². The summed E-state index contributed by atoms with van der Waals surface area (Å²) in [7, 11) is 0. The van der Waals surface area contributed by atoms with Crippen molar-refractivity contribution in [3.05, 3.63) is 11.9 Å². The van der Waals surface area contributed by atoms with Gasteiger partial charge in [-0.05, 0) is 31.7 Å². The zero-order valence-electron chi connectivity index (χ0n) is 11.8. The highest BCUT2D eigenvalue weighted by Crippen LogP contribution is 2.27. The van der Waals surface area contributed by atoms with Crippen LogP contribution in [0, 0.1) is 11.8 Å². The minimum atomic E-state index is 0.352. The molecule has 0 bridgehead atoms. The summed E-state index contributed by atoms with van der Waals surface area (Å²) in [5.41, 5.74) is 1.21. The van der Waals surface area contributed by atoms with Crippen LogP contribution >= 0.6 is 0 Å². The highest BCUT2D eigenvalue weighted by molar-refractivity contribution is 5.04. The van der Waals surface area contributed by atoms with Gasteiger partial charge in [-0.3, -0.25) is 0 Å². The van der Waals surface area contributed by atoms with Gasteiger partial charge in [0.1, 0.15) is 0 Å². The average Bonchev–Trinajstić information content (AvgIpc) is 2.77. The summed E-state index contributed by atoms with van der Waals surface area (Å²) < 4.78 is 1.99. The van der Waals surface area contributed by atoms with E-state index in [0.717, 1.165) is 19.5 Å². The van der Waals surface area contributed by atoms with Crippen molar-refractivity contribution >= 4 is 0 Å². The Labute approximate surface area is 105 Å². The summed E-state index contributed by atoms with van der Waals surface area (Å²) in [6.45, 7) is 13.1. The molecule has 0 amide bonds. The Kier molecular flexibility index (Phi) is 5.62. The number of hydrogen-bond acceptors (Lipinski definition) is 3. The van der Waals surface area contributed by atoms with Gasteiger partial charge in [0.25, 0.3) is 0 Å². The van der Waals surface area contributed by atoms with E-state index >= 15 is 0 Å². The lowest BCUT2D eigenvalue weighted by molar-refractivity contribution is 0.290. The fourth-order valence-electron chi connectivity index (χ4n) is 2.00. The zero-order valence-corrected chi connectivity index (χ0v) is 11.8. The summed E-state index contributed by atoms with van der Waals surface area (Å²) in [6, 6.07) is 0.352. The molecule has 0 aliphatic heterocycles. The Morgan fingerprint density at radius 3 is 2.53 bits per heavy atom. The first kappa shape index (κ1) is 14.2. The van der Waals surface area contributed by atoms with Gasteiger partial charge in [-0.1, -0.05) is 32.9 Å². The topological polar surface area (TPSA) is 42.7 Å². The summed E-state index contributed by atoms with van der Waals surface area (Å²) in [5, 5.41) is 11.8. The van der Waals surface area contributed by atoms with Crippen molar-refractivity contribution in [2.45, 2.75) is 53.6 Å². The normalized spacial score (nSPS) is 15.2. The first-order chi connectivity index (χ1) is 8.11. The maximum Gasteiger partial charge on any atom is 0.0759 e. The predicted octanol–water partition coefficient (Wildman–Crippen LogP) is 2.63. The van der Waals surface area contributed by atoms with Gasteiger partial charge < -0.3 is 5.32 Å². The molecule has 0 aliphatic rings. The molecule has 98 valence electrons. The van der Waals surface area contributed by atoms with Crippen LogP contribution in [0.1, 0.15) is 52.8 Å². The van der Waals surface area contributed by atoms with Crippen LogP contribution in [0.3, 0.4) is 0 Å². The number of aromatic nitrogens is 3. The lowest BCUT2D eigenvalue weighted by Crippen LogP contribution is -2.32. The van der Waals surface area contributed by atoms with Crippen LogP contribution < -0.4 is 5.32 Å². The maximum atomic E-state index is 4.13. The average molecular weight is 238 g/mol. The summed E-state index contributed by atoms with van der Waals surface area (Å²) in [4.78, 5) is 0. The minimum Gasteiger partial charge on any atom is -0.308 e. The number of nitrogens with zero attached hydrogens (tertiary/aromatic N) is 3. The van der Waals surface area contributed by atoms with Crippen LogP contribution in [-0.2, 0) is 6.54 Å². The standard InChI is InChI=1S/C13H26N4/c1-6-8-14-13(11(5)10(3)4)12-9-15-16-17(12)7-2/h9-11,13-14H,6-8H2,1-5H3. The van der Waals surface area contributed by atoms with Gasteiger partial charge in [0.15, 0.2) is 0 Å². The molecule has 1 rings (SSSR count). The Bertz CT molecular complexity index is 319. The molecule has 4 heteroatoms. The van der Waals surface area contributed by atoms with Gasteiger partial charge in [0.2, 0.25) is 0 Å². The van der Waals surface area contributed by atoms with Crippen molar-refractivity contribution in [3.63, 3.8) is 0 Å². The molecular formula is C13H26N4. The molecule has 2 unspecified atom stereocenters. The highest BCUT2D eigenvalue weighted by atomic mass is 15.4. The molecule has 0 radical (unpaired) electrons. The lowest BCUT2D eigenvalue weighted by atomic mass is 9.88. The van der Waals surface area contributed by atoms with Crippen LogP contribution in [0.2, 0.25) is 0 Å². The Balaban J connectivity index is 2.89. The summed E-state index contributed by atoms with van der Waals surface area (Å²) in [6.07, 6.45) is 3.05. The molecule has 17 heavy (non-hydrogen) atoms. The zero-order chi connectivity index (χ0) is 12.8. The predicted molar refractivity (Wildman–Crippen MR) is 70.7 cm³/mol. The van der Waals surface area contributed by atoms with Gasteiger partial charge in [-0.15, -0.1) is 5.10 Å². The molecule has 1 aromatic rings. The molecule has 0 saturated carbocycles. The van der Waals surface area contributed by atoms with E-state index in [1.165, 1.54) is 5.69 Å². The molecule has 1 aromatic heterocycles. The third-order valence-electron chi connectivity index (χ3n) is 3.46. The Morgan fingerprint density at radius 2 is 2.00 bits per heavy atom. The third-order valence-corrected chi connectivity index (χ3v) is 3.46. The van der Waals surface area contributed by atoms with Crippen LogP contribution in [-0.4, -0.2) is 21.5 Å². The van der Waals surface area contributed by atoms with E-state index < -0.39 is 0 Å². The van der Waals surface area contributed by atoms with Gasteiger partial charge in [0, 0.05) is 6.54 Å². The molecule has 4 nitrogen and oxygen atoms in total. The molecule has 1 heterocycles. The van der Waals surface area contributed by atoms with Crippen LogP contribution in [0.4, 0.5) is 0 Å². The van der Waals surface area contributed by atoms with Gasteiger partial charge in [-0.2, -0.15) is 0 Å². The molecule has 1 N–H and O–H groups in total. The number of aryl methyl sites for hydroxylation is 1. The minimum absolute atomic E-state index is 0.352. The Morgan fingerprint density at radius 1 is 1.29 bits per heavy atom. The van der Waals surface area contributed by atoms with E-state index in [9.17, 15) is 0 Å². The molecule has 0 aliphatic carbocycles. The maximum absolute atomic E-state index is 4.13. The van der Waals surface area contributed by atoms with E-state index in [4.69, 9.17) is 0 Å². The molecule has 2 atom stereocenters. The second kappa shape index (κ2) is 6.74. The Hall–Kier alpha value is -0.900. The third kappa shape index (κ3) is 3.53. The highest BCUT2D eigenvalue weighted by Gasteiger charge is 2.24. The second-order valence-electron chi connectivity index (χ2n) is 5.01. The number of nitrogens with one attached hydrogen (secondary N) is 1. The molecule has 0 aromatic carbocycles. The van der Waals surface area contributed by atoms with Crippen LogP contribution in [0.15, 0.2) is 6.20 Å². The van der Waals surface area contributed by atoms with Crippen molar-refractivity contribution in [2.24, 2.45) is 11.8 Å². The van der Waals surface area contributed by atoms with E-state index in [1.54, 1.807) is 0 Å². The first-order valence-electron chi connectivity index (χ1n) is 6.73. The van der Waals surface area contributed by atoms with Crippen molar-refractivity contribution in [1.82, 2.24) is 20.3 Å². The van der Waals surface area contributed by atoms with Crippen molar-refractivity contribution in [3.8, 4) is 0 Å². The van der Waals surface area contributed by atoms with Crippen molar-refractivity contribution in [2.75, 3.05) is 6.54 Å². The van der Waals surface area contributed by atoms with Gasteiger partial charge in [0.05, 0.1) is 17.9 Å². The molecule has 0 fully saturated rings. The SMILES string of the molecule is CCCNC(c1cnnn1CC)C(C)C(C)C. The largest absolute Gasteiger partial charge is 0.308 e. The van der Waals surface area contributed by atoms with Crippen molar-refractivity contribution < 1.29 is 0 Å². The summed E-state index contributed by atoms with van der Waals surface area (Å²) in [5.74, 6) is 1.22. The lowest BCUT2D eigenvalue weighted by Gasteiger charge is -2.28. The summed E-state index contributed by atoms with van der Waals surface area (Å²) >= 11 is 0. The molecular weight excluding hydrogens is 212 g/mol. The van der Waals surface area contributed by atoms with Gasteiger partial charge >= 0.3 is 0 Å². The quantitative estimate of drug-likeness (QED) is 0.794. The van der Waals surface area contributed by atoms with E-state index in [0.29, 0.717) is 17.9 Å². The number of rotatable bonds is 7. The number of hydrogen-bond donors (Lipinski definition) is 1. The van der Waals surface area contributed by atoms with Crippen LogP contribution in [0.5, 0.6) is 0 Å². The second-order valence-corrected chi connectivity index (χ2v) is 5.01. The van der Waals surface area contributed by atoms with Crippen LogP contribution in [0.25, 0.3) is 0 Å². The molecule has 0 saturated heterocycles. The van der Waals surface area contributed by atoms with E-state index in [1.807, 2.05) is 10.9 Å². The van der Waals surface area contributed by atoms with E-state index in [2.05, 4.69) is 50.2 Å². The monoisotopic (exact) mass is 238 g/mol.